The van der Waals surface area contributed by atoms with Crippen LogP contribution in [0.2, 0.25) is 10.0 Å². The van der Waals surface area contributed by atoms with Crippen LogP contribution in [0.25, 0.3) is 0 Å². The minimum absolute atomic E-state index is 0.142. The molecule has 0 aromatic heterocycles. The van der Waals surface area contributed by atoms with E-state index in [1.807, 2.05) is 6.07 Å². The van der Waals surface area contributed by atoms with Crippen LogP contribution in [0.15, 0.2) is 54.6 Å². The molecule has 2 N–H and O–H groups in total. The quantitative estimate of drug-likeness (QED) is 0.264. The molecule has 0 saturated carbocycles. The van der Waals surface area contributed by atoms with E-state index in [0.29, 0.717) is 34.0 Å². The third-order valence-electron chi connectivity index (χ3n) is 4.61. The summed E-state index contributed by atoms with van der Waals surface area (Å²) in [6.45, 7) is 2.98. The summed E-state index contributed by atoms with van der Waals surface area (Å²) < 4.78 is 34.5. The second-order valence-corrected chi connectivity index (χ2v) is 9.11. The van der Waals surface area contributed by atoms with Crippen molar-refractivity contribution in [2.45, 2.75) is 32.5 Å². The predicted octanol–water partition coefficient (Wildman–Crippen LogP) is 6.80. The molecule has 0 aliphatic carbocycles. The van der Waals surface area contributed by atoms with Gasteiger partial charge >= 0.3 is 8.25 Å². The number of phenols is 1. The molecule has 32 heavy (non-hydrogen) atoms. The molecule has 9 heteroatoms. The first-order valence-corrected chi connectivity index (χ1v) is 11.5. The van der Waals surface area contributed by atoms with Gasteiger partial charge < -0.3 is 9.84 Å². The molecule has 0 aliphatic heterocycles. The maximum Gasteiger partial charge on any atom is 0.698 e. The fourth-order valence-electron chi connectivity index (χ4n) is 3.21. The van der Waals surface area contributed by atoms with Crippen LogP contribution in [0.3, 0.4) is 0 Å². The van der Waals surface area contributed by atoms with Gasteiger partial charge in [-0.3, -0.25) is 0 Å². The van der Waals surface area contributed by atoms with Gasteiger partial charge in [-0.1, -0.05) is 52.0 Å². The van der Waals surface area contributed by atoms with Crippen molar-refractivity contribution in [2.24, 2.45) is 0 Å². The topological polar surface area (TPSA) is 76.0 Å². The molecule has 0 heterocycles. The van der Waals surface area contributed by atoms with E-state index in [1.165, 1.54) is 26.0 Å². The lowest BCUT2D eigenvalue weighted by atomic mass is 9.98. The van der Waals surface area contributed by atoms with Crippen LogP contribution in [-0.4, -0.2) is 15.8 Å². The molecule has 0 saturated heterocycles. The smallest absolute Gasteiger partial charge is 0.508 e. The Balaban J connectivity index is 1.81. The lowest BCUT2D eigenvalue weighted by Gasteiger charge is -2.20. The molecule has 0 amide bonds. The number of halogens is 3. The number of rotatable bonds is 8. The molecular weight excluding hydrogens is 477 g/mol. The van der Waals surface area contributed by atoms with Crippen LogP contribution in [0.1, 0.15) is 36.1 Å². The first kappa shape index (κ1) is 24.4. The van der Waals surface area contributed by atoms with Crippen molar-refractivity contribution in [3.8, 4) is 11.5 Å². The largest absolute Gasteiger partial charge is 0.698 e. The van der Waals surface area contributed by atoms with Crippen LogP contribution < -0.4 is 4.74 Å². The van der Waals surface area contributed by atoms with E-state index in [9.17, 15) is 14.1 Å². The molecule has 0 spiro atoms. The zero-order chi connectivity index (χ0) is 23.5. The minimum Gasteiger partial charge on any atom is -0.508 e. The molecule has 1 atom stereocenters. The Morgan fingerprint density at radius 1 is 0.969 bits per heavy atom. The molecule has 3 rings (SSSR count). The number of aromatic hydroxyl groups is 1. The highest BCUT2D eigenvalue weighted by Gasteiger charge is 2.33. The summed E-state index contributed by atoms with van der Waals surface area (Å²) in [5, 5.41) is 10.9. The van der Waals surface area contributed by atoms with Gasteiger partial charge in [-0.25, -0.2) is 4.39 Å². The maximum absolute atomic E-state index is 13.1. The summed E-state index contributed by atoms with van der Waals surface area (Å²) in [7, 11) is -2.85. The zero-order valence-electron chi connectivity index (χ0n) is 17.3. The molecular formula is C23H21Cl2FO5P+. The SMILES string of the molecule is CC(C)(Oc1cc(Cl)c(Cc2ccc(O)c(Cc3ccc(F)cc3)c2)c(Cl)c1)O[P+](=O)O. The number of ether oxygens (including phenoxy) is 1. The molecule has 3 aromatic rings. The highest BCUT2D eigenvalue weighted by molar-refractivity contribution is 7.32. The third kappa shape index (κ3) is 6.64. The molecule has 0 fully saturated rings. The average Bonchev–Trinajstić information content (AvgIpc) is 2.67. The van der Waals surface area contributed by atoms with Crippen molar-refractivity contribution in [3.63, 3.8) is 0 Å². The van der Waals surface area contributed by atoms with Crippen molar-refractivity contribution in [3.05, 3.63) is 92.7 Å². The normalized spacial score (nSPS) is 12.0. The van der Waals surface area contributed by atoms with Gasteiger partial charge in [0.05, 0.1) is 0 Å². The Labute approximate surface area is 196 Å². The van der Waals surface area contributed by atoms with E-state index in [0.717, 1.165) is 11.1 Å². The monoisotopic (exact) mass is 497 g/mol. The highest BCUT2D eigenvalue weighted by Crippen LogP contribution is 2.36. The second kappa shape index (κ2) is 10.2. The van der Waals surface area contributed by atoms with Gasteiger partial charge in [0.25, 0.3) is 5.79 Å². The summed E-state index contributed by atoms with van der Waals surface area (Å²) in [5.74, 6) is -1.25. The summed E-state index contributed by atoms with van der Waals surface area (Å²) >= 11 is 12.9. The van der Waals surface area contributed by atoms with E-state index in [-0.39, 0.29) is 17.3 Å². The molecule has 5 nitrogen and oxygen atoms in total. The average molecular weight is 498 g/mol. The van der Waals surface area contributed by atoms with Crippen LogP contribution in [0, 0.1) is 5.82 Å². The van der Waals surface area contributed by atoms with E-state index < -0.39 is 14.0 Å². The zero-order valence-corrected chi connectivity index (χ0v) is 19.7. The Kier molecular flexibility index (Phi) is 7.75. The molecule has 168 valence electrons. The molecule has 1 unspecified atom stereocenters. The third-order valence-corrected chi connectivity index (χ3v) is 5.88. The van der Waals surface area contributed by atoms with Gasteiger partial charge in [-0.2, -0.15) is 0 Å². The summed E-state index contributed by atoms with van der Waals surface area (Å²) in [5.41, 5.74) is 3.09. The minimum atomic E-state index is -2.85. The summed E-state index contributed by atoms with van der Waals surface area (Å²) in [6, 6.07) is 14.4. The van der Waals surface area contributed by atoms with E-state index in [2.05, 4.69) is 0 Å². The fraction of sp³-hybridized carbons (Fsp3) is 0.217. The van der Waals surface area contributed by atoms with Crippen LogP contribution in [0.5, 0.6) is 11.5 Å². The predicted molar refractivity (Wildman–Crippen MR) is 122 cm³/mol. The van der Waals surface area contributed by atoms with Gasteiger partial charge in [0, 0.05) is 41.3 Å². The first-order chi connectivity index (χ1) is 15.0. The van der Waals surface area contributed by atoms with Crippen LogP contribution >= 0.6 is 31.5 Å². The van der Waals surface area contributed by atoms with Crippen LogP contribution in [-0.2, 0) is 21.9 Å². The maximum atomic E-state index is 13.1. The molecule has 0 aliphatic rings. The summed E-state index contributed by atoms with van der Waals surface area (Å²) in [4.78, 5) is 8.95. The first-order valence-electron chi connectivity index (χ1n) is 9.60. The Morgan fingerprint density at radius 3 is 2.16 bits per heavy atom. The van der Waals surface area contributed by atoms with Crippen molar-refractivity contribution in [1.82, 2.24) is 0 Å². The van der Waals surface area contributed by atoms with E-state index >= 15 is 0 Å². The van der Waals surface area contributed by atoms with Crippen LogP contribution in [0.4, 0.5) is 4.39 Å². The second-order valence-electron chi connectivity index (χ2n) is 7.64. The fourth-order valence-corrected chi connectivity index (χ4v) is 4.23. The van der Waals surface area contributed by atoms with Gasteiger partial charge in [0.15, 0.2) is 0 Å². The Morgan fingerprint density at radius 2 is 1.56 bits per heavy atom. The van der Waals surface area contributed by atoms with E-state index in [1.54, 1.807) is 36.4 Å². The molecule has 0 radical (unpaired) electrons. The standard InChI is InChI=1S/C23H20Cl2FO5P/c1-23(2,31-32(28)29)30-18-12-20(24)19(21(25)13-18)11-15-5-8-22(27)16(10-15)9-14-3-6-17(26)7-4-14/h3-8,10,12-13H,9,11H2,1-2H3,(H-,27,28,29)/p+1. The number of phenolic OH excluding ortho intramolecular Hbond substituents is 1. The Bertz CT molecular complexity index is 1110. The lowest BCUT2D eigenvalue weighted by molar-refractivity contribution is -0.0816. The van der Waals surface area contributed by atoms with Crippen molar-refractivity contribution >= 4 is 31.5 Å². The molecule has 3 aromatic carbocycles. The number of hydrogen-bond donors (Lipinski definition) is 2. The van der Waals surface area contributed by atoms with Crippen molar-refractivity contribution in [1.29, 1.82) is 0 Å². The van der Waals surface area contributed by atoms with Gasteiger partial charge in [0.1, 0.15) is 17.3 Å². The van der Waals surface area contributed by atoms with Gasteiger partial charge in [0.2, 0.25) is 0 Å². The number of benzene rings is 3. The summed E-state index contributed by atoms with van der Waals surface area (Å²) in [6.07, 6.45) is 0.841. The van der Waals surface area contributed by atoms with Crippen molar-refractivity contribution in [2.75, 3.05) is 0 Å². The lowest BCUT2D eigenvalue weighted by Crippen LogP contribution is -2.29. The van der Waals surface area contributed by atoms with Crippen molar-refractivity contribution < 1.29 is 28.2 Å². The van der Waals surface area contributed by atoms with E-state index in [4.69, 9.17) is 37.4 Å². The van der Waals surface area contributed by atoms with Gasteiger partial charge in [-0.15, -0.1) is 4.89 Å². The Hall–Kier alpha value is -2.21. The number of hydrogen-bond acceptors (Lipinski definition) is 4. The molecule has 0 bridgehead atoms. The van der Waals surface area contributed by atoms with Gasteiger partial charge in [-0.05, 0) is 52.6 Å². The highest BCUT2D eigenvalue weighted by atomic mass is 35.5.